The fraction of sp³-hybridized carbons (Fsp3) is 0.889. The molecule has 0 aromatic rings. The van der Waals surface area contributed by atoms with Gasteiger partial charge in [0.1, 0.15) is 0 Å². The summed E-state index contributed by atoms with van der Waals surface area (Å²) in [7, 11) is -1.92. The zero-order valence-corrected chi connectivity index (χ0v) is 10.3. The van der Waals surface area contributed by atoms with Crippen LogP contribution >= 0.6 is 0 Å². The summed E-state index contributed by atoms with van der Waals surface area (Å²) in [5, 5.41) is 2.57. The molecule has 0 aromatic heterocycles. The molecule has 1 amide bonds. The van der Waals surface area contributed by atoms with Crippen molar-refractivity contribution in [3.8, 4) is 0 Å². The fourth-order valence-electron chi connectivity index (χ4n) is 1.81. The molecule has 0 heterocycles. The van der Waals surface area contributed by atoms with E-state index in [1.165, 1.54) is 7.05 Å². The summed E-state index contributed by atoms with van der Waals surface area (Å²) < 4.78 is 24.4. The number of sulfonamides is 1. The first-order valence-electron chi connectivity index (χ1n) is 5.38. The Hall–Kier alpha value is -0.660. The van der Waals surface area contributed by atoms with Gasteiger partial charge in [0.2, 0.25) is 15.9 Å². The molecular weight excluding hydrogens is 230 g/mol. The van der Waals surface area contributed by atoms with Crippen LogP contribution < -0.4 is 15.8 Å². The summed E-state index contributed by atoms with van der Waals surface area (Å²) in [4.78, 5) is 11.7. The van der Waals surface area contributed by atoms with Gasteiger partial charge in [0.05, 0.1) is 11.3 Å². The Bertz CT molecular complexity index is 347. The molecule has 0 radical (unpaired) electrons. The molecule has 1 fully saturated rings. The van der Waals surface area contributed by atoms with E-state index in [-0.39, 0.29) is 18.2 Å². The minimum atomic E-state index is -3.26. The molecule has 4 N–H and O–H groups in total. The normalized spacial score (nSPS) is 19.6. The fourth-order valence-corrected chi connectivity index (χ4v) is 2.38. The van der Waals surface area contributed by atoms with Gasteiger partial charge in [0.25, 0.3) is 0 Å². The van der Waals surface area contributed by atoms with Crippen molar-refractivity contribution >= 4 is 15.9 Å². The average molecular weight is 249 g/mol. The van der Waals surface area contributed by atoms with Crippen molar-refractivity contribution in [2.24, 2.45) is 5.73 Å². The summed E-state index contributed by atoms with van der Waals surface area (Å²) >= 11 is 0. The standard InChI is InChI=1S/C9H19N3O3S/c1-11-16(14,15)7-6-12-8(13)9(10)4-2-3-5-9/h11H,2-7,10H2,1H3,(H,12,13). The molecule has 0 atom stereocenters. The van der Waals surface area contributed by atoms with E-state index in [1.807, 2.05) is 0 Å². The van der Waals surface area contributed by atoms with Crippen molar-refractivity contribution in [1.82, 2.24) is 10.0 Å². The second kappa shape index (κ2) is 5.11. The number of nitrogens with two attached hydrogens (primary N) is 1. The van der Waals surface area contributed by atoms with Crippen LogP contribution in [-0.2, 0) is 14.8 Å². The monoisotopic (exact) mass is 249 g/mol. The van der Waals surface area contributed by atoms with Crippen LogP contribution in [-0.4, -0.2) is 39.2 Å². The lowest BCUT2D eigenvalue weighted by molar-refractivity contribution is -0.126. The second-order valence-corrected chi connectivity index (χ2v) is 6.19. The van der Waals surface area contributed by atoms with Gasteiger partial charge >= 0.3 is 0 Å². The molecule has 16 heavy (non-hydrogen) atoms. The Balaban J connectivity index is 2.36. The predicted octanol–water partition coefficient (Wildman–Crippen LogP) is -1.08. The maximum absolute atomic E-state index is 11.7. The number of carbonyl (C=O) groups excluding carboxylic acids is 1. The van der Waals surface area contributed by atoms with Gasteiger partial charge in [-0.15, -0.1) is 0 Å². The van der Waals surface area contributed by atoms with Gasteiger partial charge < -0.3 is 11.1 Å². The average Bonchev–Trinajstić information content (AvgIpc) is 2.66. The number of hydrogen-bond donors (Lipinski definition) is 3. The molecular formula is C9H19N3O3S. The van der Waals surface area contributed by atoms with Crippen LogP contribution in [0.1, 0.15) is 25.7 Å². The molecule has 0 saturated heterocycles. The number of amides is 1. The van der Waals surface area contributed by atoms with Gasteiger partial charge in [-0.1, -0.05) is 12.8 Å². The molecule has 94 valence electrons. The number of rotatable bonds is 5. The third kappa shape index (κ3) is 3.43. The van der Waals surface area contributed by atoms with E-state index in [4.69, 9.17) is 5.73 Å². The summed E-state index contributed by atoms with van der Waals surface area (Å²) in [6.45, 7) is 0.0982. The maximum Gasteiger partial charge on any atom is 0.240 e. The molecule has 0 spiro atoms. The van der Waals surface area contributed by atoms with Gasteiger partial charge in [0.15, 0.2) is 0 Å². The maximum atomic E-state index is 11.7. The third-order valence-corrected chi connectivity index (χ3v) is 4.28. The molecule has 1 aliphatic rings. The van der Waals surface area contributed by atoms with Crippen LogP contribution in [0.25, 0.3) is 0 Å². The van der Waals surface area contributed by atoms with Crippen molar-refractivity contribution in [2.45, 2.75) is 31.2 Å². The molecule has 6 nitrogen and oxygen atoms in total. The number of carbonyl (C=O) groups is 1. The van der Waals surface area contributed by atoms with E-state index < -0.39 is 15.6 Å². The molecule has 1 saturated carbocycles. The van der Waals surface area contributed by atoms with Crippen molar-refractivity contribution in [1.29, 1.82) is 0 Å². The smallest absolute Gasteiger partial charge is 0.240 e. The Kier molecular flexibility index (Phi) is 4.28. The van der Waals surface area contributed by atoms with Crippen LogP contribution in [0.3, 0.4) is 0 Å². The third-order valence-electron chi connectivity index (χ3n) is 2.92. The van der Waals surface area contributed by atoms with Crippen LogP contribution in [0.5, 0.6) is 0 Å². The van der Waals surface area contributed by atoms with E-state index in [0.29, 0.717) is 12.8 Å². The largest absolute Gasteiger partial charge is 0.353 e. The van der Waals surface area contributed by atoms with Gasteiger partial charge in [-0.25, -0.2) is 13.1 Å². The molecule has 7 heteroatoms. The number of nitrogens with one attached hydrogen (secondary N) is 2. The van der Waals surface area contributed by atoms with Gasteiger partial charge in [0, 0.05) is 6.54 Å². The van der Waals surface area contributed by atoms with Crippen molar-refractivity contribution < 1.29 is 13.2 Å². The first-order valence-corrected chi connectivity index (χ1v) is 7.03. The van der Waals surface area contributed by atoms with Crippen LogP contribution in [0.15, 0.2) is 0 Å². The zero-order valence-electron chi connectivity index (χ0n) is 9.45. The first-order chi connectivity index (χ1) is 7.40. The lowest BCUT2D eigenvalue weighted by Gasteiger charge is -2.22. The highest BCUT2D eigenvalue weighted by Gasteiger charge is 2.36. The highest BCUT2D eigenvalue weighted by atomic mass is 32.2. The van der Waals surface area contributed by atoms with E-state index in [9.17, 15) is 13.2 Å². The molecule has 0 aliphatic heterocycles. The highest BCUT2D eigenvalue weighted by molar-refractivity contribution is 7.89. The topological polar surface area (TPSA) is 101 Å². The summed E-state index contributed by atoms with van der Waals surface area (Å²) in [5.74, 6) is -0.359. The summed E-state index contributed by atoms with van der Waals surface area (Å²) in [6.07, 6.45) is 3.27. The number of hydrogen-bond acceptors (Lipinski definition) is 4. The Morgan fingerprint density at radius 3 is 2.44 bits per heavy atom. The lowest BCUT2D eigenvalue weighted by atomic mass is 9.98. The van der Waals surface area contributed by atoms with Crippen molar-refractivity contribution in [2.75, 3.05) is 19.3 Å². The Morgan fingerprint density at radius 1 is 1.38 bits per heavy atom. The molecule has 1 aliphatic carbocycles. The van der Waals surface area contributed by atoms with Gasteiger partial charge in [-0.05, 0) is 19.9 Å². The second-order valence-electron chi connectivity index (χ2n) is 4.14. The highest BCUT2D eigenvalue weighted by Crippen LogP contribution is 2.26. The lowest BCUT2D eigenvalue weighted by Crippen LogP contribution is -2.52. The van der Waals surface area contributed by atoms with E-state index >= 15 is 0 Å². The van der Waals surface area contributed by atoms with Gasteiger partial charge in [-0.2, -0.15) is 0 Å². The van der Waals surface area contributed by atoms with Crippen LogP contribution in [0.2, 0.25) is 0 Å². The van der Waals surface area contributed by atoms with Crippen LogP contribution in [0.4, 0.5) is 0 Å². The Labute approximate surface area is 96.0 Å². The molecule has 1 rings (SSSR count). The van der Waals surface area contributed by atoms with Gasteiger partial charge in [-0.3, -0.25) is 4.79 Å². The molecule has 0 unspecified atom stereocenters. The van der Waals surface area contributed by atoms with Crippen LogP contribution in [0, 0.1) is 0 Å². The zero-order chi connectivity index (χ0) is 12.2. The minimum Gasteiger partial charge on any atom is -0.353 e. The SMILES string of the molecule is CNS(=O)(=O)CCNC(=O)C1(N)CCCC1. The van der Waals surface area contributed by atoms with Crippen molar-refractivity contribution in [3.63, 3.8) is 0 Å². The molecule has 0 bridgehead atoms. The quantitative estimate of drug-likeness (QED) is 0.577. The minimum absolute atomic E-state index is 0.0982. The summed E-state index contributed by atoms with van der Waals surface area (Å²) in [5.41, 5.74) is 5.12. The van der Waals surface area contributed by atoms with E-state index in [0.717, 1.165) is 12.8 Å². The van der Waals surface area contributed by atoms with Crippen molar-refractivity contribution in [3.05, 3.63) is 0 Å². The first kappa shape index (κ1) is 13.4. The van der Waals surface area contributed by atoms with E-state index in [2.05, 4.69) is 10.0 Å². The molecule has 0 aromatic carbocycles. The Morgan fingerprint density at radius 2 is 1.94 bits per heavy atom. The van der Waals surface area contributed by atoms with E-state index in [1.54, 1.807) is 0 Å². The summed E-state index contributed by atoms with van der Waals surface area (Å²) in [6, 6.07) is 0. The predicted molar refractivity (Wildman–Crippen MR) is 61.2 cm³/mol.